The maximum absolute atomic E-state index is 5.92. The van der Waals surface area contributed by atoms with E-state index in [1.165, 1.54) is 0 Å². The van der Waals surface area contributed by atoms with Crippen LogP contribution in [0.5, 0.6) is 11.5 Å². The second kappa shape index (κ2) is 5.97. The molecule has 0 aliphatic rings. The van der Waals surface area contributed by atoms with E-state index in [1.807, 2.05) is 43.3 Å². The molecule has 19 heavy (non-hydrogen) atoms. The highest BCUT2D eigenvalue weighted by Crippen LogP contribution is 2.28. The van der Waals surface area contributed by atoms with Crippen molar-refractivity contribution in [2.75, 3.05) is 12.8 Å². The molecule has 3 nitrogen and oxygen atoms in total. The van der Waals surface area contributed by atoms with Gasteiger partial charge in [0.15, 0.2) is 0 Å². The summed E-state index contributed by atoms with van der Waals surface area (Å²) in [6.45, 7) is 2.42. The van der Waals surface area contributed by atoms with Gasteiger partial charge in [0, 0.05) is 10.0 Å². The molecule has 0 amide bonds. The Labute approximate surface area is 121 Å². The fourth-order valence-corrected chi connectivity index (χ4v) is 2.17. The normalized spacial score (nSPS) is 10.3. The predicted molar refractivity (Wildman–Crippen MR) is 80.6 cm³/mol. The van der Waals surface area contributed by atoms with Crippen molar-refractivity contribution in [2.45, 2.75) is 13.5 Å². The fraction of sp³-hybridized carbons (Fsp3) is 0.200. The van der Waals surface area contributed by atoms with Crippen LogP contribution in [0.3, 0.4) is 0 Å². The van der Waals surface area contributed by atoms with Crippen molar-refractivity contribution in [3.63, 3.8) is 0 Å². The Kier molecular flexibility index (Phi) is 4.32. The van der Waals surface area contributed by atoms with Gasteiger partial charge in [0.2, 0.25) is 0 Å². The van der Waals surface area contributed by atoms with E-state index in [-0.39, 0.29) is 0 Å². The first kappa shape index (κ1) is 13.7. The minimum Gasteiger partial charge on any atom is -0.497 e. The highest BCUT2D eigenvalue weighted by atomic mass is 79.9. The molecular weight excluding hydrogens is 306 g/mol. The number of nitrogen functional groups attached to an aromatic ring is 1. The van der Waals surface area contributed by atoms with Crippen LogP contribution in [0.4, 0.5) is 5.69 Å². The molecule has 2 rings (SSSR count). The van der Waals surface area contributed by atoms with E-state index in [4.69, 9.17) is 15.2 Å². The summed E-state index contributed by atoms with van der Waals surface area (Å²) < 4.78 is 12.0. The zero-order valence-corrected chi connectivity index (χ0v) is 12.5. The molecule has 2 N–H and O–H groups in total. The van der Waals surface area contributed by atoms with Crippen LogP contribution >= 0.6 is 15.9 Å². The number of aryl methyl sites for hydroxylation is 1. The summed E-state index contributed by atoms with van der Waals surface area (Å²) in [6, 6.07) is 11.5. The van der Waals surface area contributed by atoms with E-state index in [2.05, 4.69) is 15.9 Å². The Morgan fingerprint density at radius 2 is 2.00 bits per heavy atom. The molecular formula is C15H16BrNO2. The minimum absolute atomic E-state index is 0.437. The second-order valence-electron chi connectivity index (χ2n) is 4.24. The van der Waals surface area contributed by atoms with Crippen molar-refractivity contribution in [2.24, 2.45) is 0 Å². The first-order chi connectivity index (χ1) is 9.11. The van der Waals surface area contributed by atoms with Gasteiger partial charge in [-0.15, -0.1) is 0 Å². The fourth-order valence-electron chi connectivity index (χ4n) is 1.81. The maximum atomic E-state index is 5.92. The first-order valence-corrected chi connectivity index (χ1v) is 6.71. The van der Waals surface area contributed by atoms with Crippen molar-refractivity contribution in [3.05, 3.63) is 52.0 Å². The average molecular weight is 322 g/mol. The van der Waals surface area contributed by atoms with Crippen LogP contribution in [0.25, 0.3) is 0 Å². The van der Waals surface area contributed by atoms with Crippen molar-refractivity contribution in [3.8, 4) is 11.5 Å². The SMILES string of the molecule is COc1ccc(Br)c(COc2c(C)cccc2N)c1. The smallest absolute Gasteiger partial charge is 0.145 e. The number of ether oxygens (including phenoxy) is 2. The van der Waals surface area contributed by atoms with E-state index < -0.39 is 0 Å². The van der Waals surface area contributed by atoms with Gasteiger partial charge in [-0.3, -0.25) is 0 Å². The van der Waals surface area contributed by atoms with Gasteiger partial charge in [0.05, 0.1) is 12.8 Å². The highest BCUT2D eigenvalue weighted by molar-refractivity contribution is 9.10. The van der Waals surface area contributed by atoms with Crippen LogP contribution in [0, 0.1) is 6.92 Å². The van der Waals surface area contributed by atoms with Gasteiger partial charge in [-0.25, -0.2) is 0 Å². The largest absolute Gasteiger partial charge is 0.497 e. The lowest BCUT2D eigenvalue weighted by Crippen LogP contribution is -2.01. The number of halogens is 1. The van der Waals surface area contributed by atoms with Gasteiger partial charge in [0.25, 0.3) is 0 Å². The molecule has 0 aromatic heterocycles. The minimum atomic E-state index is 0.437. The van der Waals surface area contributed by atoms with E-state index in [0.29, 0.717) is 12.3 Å². The number of anilines is 1. The summed E-state index contributed by atoms with van der Waals surface area (Å²) in [7, 11) is 1.65. The Bertz CT molecular complexity index is 564. The highest BCUT2D eigenvalue weighted by Gasteiger charge is 2.07. The third-order valence-corrected chi connectivity index (χ3v) is 3.64. The average Bonchev–Trinajstić information content (AvgIpc) is 2.40. The van der Waals surface area contributed by atoms with E-state index >= 15 is 0 Å². The Hall–Kier alpha value is -1.68. The number of nitrogens with two attached hydrogens (primary N) is 1. The van der Waals surface area contributed by atoms with E-state index in [9.17, 15) is 0 Å². The number of hydrogen-bond acceptors (Lipinski definition) is 3. The summed E-state index contributed by atoms with van der Waals surface area (Å²) in [5.41, 5.74) is 8.61. The molecule has 2 aromatic carbocycles. The molecule has 0 aliphatic carbocycles. The zero-order valence-electron chi connectivity index (χ0n) is 10.9. The third-order valence-electron chi connectivity index (χ3n) is 2.87. The molecule has 0 bridgehead atoms. The summed E-state index contributed by atoms with van der Waals surface area (Å²) >= 11 is 3.50. The summed E-state index contributed by atoms with van der Waals surface area (Å²) in [5, 5.41) is 0. The van der Waals surface area contributed by atoms with Gasteiger partial charge >= 0.3 is 0 Å². The predicted octanol–water partition coefficient (Wildman–Crippen LogP) is 3.93. The van der Waals surface area contributed by atoms with Crippen LogP contribution in [0.15, 0.2) is 40.9 Å². The van der Waals surface area contributed by atoms with Crippen LogP contribution in [-0.2, 0) is 6.61 Å². The number of methoxy groups -OCH3 is 1. The maximum Gasteiger partial charge on any atom is 0.145 e. The zero-order chi connectivity index (χ0) is 13.8. The molecule has 2 aromatic rings. The number of rotatable bonds is 4. The number of para-hydroxylation sites is 1. The number of hydrogen-bond donors (Lipinski definition) is 1. The molecule has 100 valence electrons. The lowest BCUT2D eigenvalue weighted by Gasteiger charge is -2.13. The van der Waals surface area contributed by atoms with Crippen molar-refractivity contribution < 1.29 is 9.47 Å². The van der Waals surface area contributed by atoms with Gasteiger partial charge in [-0.1, -0.05) is 28.1 Å². The first-order valence-electron chi connectivity index (χ1n) is 5.92. The van der Waals surface area contributed by atoms with E-state index in [0.717, 1.165) is 27.1 Å². The molecule has 0 spiro atoms. The van der Waals surface area contributed by atoms with Crippen LogP contribution < -0.4 is 15.2 Å². The molecule has 0 saturated carbocycles. The molecule has 0 saturated heterocycles. The lowest BCUT2D eigenvalue weighted by atomic mass is 10.2. The van der Waals surface area contributed by atoms with Gasteiger partial charge in [-0.2, -0.15) is 0 Å². The van der Waals surface area contributed by atoms with Crippen molar-refractivity contribution in [1.29, 1.82) is 0 Å². The van der Waals surface area contributed by atoms with Crippen LogP contribution in [-0.4, -0.2) is 7.11 Å². The Balaban J connectivity index is 2.19. The van der Waals surface area contributed by atoms with Crippen molar-refractivity contribution >= 4 is 21.6 Å². The molecule has 0 heterocycles. The van der Waals surface area contributed by atoms with Gasteiger partial charge in [0.1, 0.15) is 18.1 Å². The molecule has 0 aliphatic heterocycles. The molecule has 0 unspecified atom stereocenters. The standard InChI is InChI=1S/C15H16BrNO2/c1-10-4-3-5-14(17)15(10)19-9-11-8-12(18-2)6-7-13(11)16/h3-8H,9,17H2,1-2H3. The topological polar surface area (TPSA) is 44.5 Å². The van der Waals surface area contributed by atoms with Gasteiger partial charge in [-0.05, 0) is 36.8 Å². The van der Waals surface area contributed by atoms with Gasteiger partial charge < -0.3 is 15.2 Å². The third kappa shape index (κ3) is 3.20. The quantitative estimate of drug-likeness (QED) is 0.868. The number of benzene rings is 2. The molecule has 0 atom stereocenters. The summed E-state index contributed by atoms with van der Waals surface area (Å²) in [4.78, 5) is 0. The van der Waals surface area contributed by atoms with Crippen LogP contribution in [0.1, 0.15) is 11.1 Å². The monoisotopic (exact) mass is 321 g/mol. The molecule has 4 heteroatoms. The van der Waals surface area contributed by atoms with Crippen LogP contribution in [0.2, 0.25) is 0 Å². The van der Waals surface area contributed by atoms with Crippen molar-refractivity contribution in [1.82, 2.24) is 0 Å². The molecule has 0 radical (unpaired) electrons. The Morgan fingerprint density at radius 3 is 2.68 bits per heavy atom. The summed E-state index contributed by atoms with van der Waals surface area (Å²) in [5.74, 6) is 1.54. The molecule has 0 fully saturated rings. The summed E-state index contributed by atoms with van der Waals surface area (Å²) in [6.07, 6.45) is 0. The van der Waals surface area contributed by atoms with E-state index in [1.54, 1.807) is 7.11 Å². The second-order valence-corrected chi connectivity index (χ2v) is 5.09. The Morgan fingerprint density at radius 1 is 1.21 bits per heavy atom. The lowest BCUT2D eigenvalue weighted by molar-refractivity contribution is 0.304.